The molecule has 22 heavy (non-hydrogen) atoms. The van der Waals surface area contributed by atoms with E-state index in [1.807, 2.05) is 24.4 Å². The van der Waals surface area contributed by atoms with Gasteiger partial charge in [0.05, 0.1) is 17.3 Å². The molecule has 1 amide bonds. The van der Waals surface area contributed by atoms with E-state index in [0.717, 1.165) is 28.2 Å². The minimum Gasteiger partial charge on any atom is -0.360 e. The normalized spacial score (nSPS) is 21.4. The van der Waals surface area contributed by atoms with Gasteiger partial charge in [0.25, 0.3) is 0 Å². The number of carbonyl (C=O) groups excluding carboxylic acids is 1. The highest BCUT2D eigenvalue weighted by Crippen LogP contribution is 2.44. The minimum atomic E-state index is -0.142. The number of carbonyl (C=O) groups is 1. The quantitative estimate of drug-likeness (QED) is 0.760. The average Bonchev–Trinajstić information content (AvgIpc) is 3.07. The van der Waals surface area contributed by atoms with Crippen molar-refractivity contribution in [1.82, 2.24) is 4.98 Å². The maximum atomic E-state index is 12.0. The number of amides is 1. The summed E-state index contributed by atoms with van der Waals surface area (Å²) in [7, 11) is 0. The largest absolute Gasteiger partial charge is 0.360 e. The number of benzene rings is 1. The van der Waals surface area contributed by atoms with Gasteiger partial charge in [0.15, 0.2) is 0 Å². The van der Waals surface area contributed by atoms with Crippen LogP contribution in [0.25, 0.3) is 0 Å². The lowest BCUT2D eigenvalue weighted by Gasteiger charge is -2.11. The number of pyridine rings is 1. The van der Waals surface area contributed by atoms with Crippen LogP contribution in [0, 0.1) is 0 Å². The fourth-order valence-electron chi connectivity index (χ4n) is 3.07. The molecule has 0 aliphatic carbocycles. The van der Waals surface area contributed by atoms with Crippen LogP contribution in [0.2, 0.25) is 0 Å². The molecule has 1 aromatic carbocycles. The number of fused-ring (bicyclic) bond motifs is 2. The third-order valence-electron chi connectivity index (χ3n) is 4.16. The molecule has 0 spiro atoms. The summed E-state index contributed by atoms with van der Waals surface area (Å²) < 4.78 is 0. The van der Waals surface area contributed by atoms with E-state index in [0.29, 0.717) is 6.42 Å². The molecular weight excluding hydrogens is 276 g/mol. The number of allylic oxidation sites excluding steroid dienone is 1. The summed E-state index contributed by atoms with van der Waals surface area (Å²) in [6.07, 6.45) is 6.04. The first-order valence-corrected chi connectivity index (χ1v) is 7.29. The zero-order valence-corrected chi connectivity index (χ0v) is 12.0. The summed E-state index contributed by atoms with van der Waals surface area (Å²) >= 11 is 0. The SMILES string of the molecule is C=CCC1C(=O)Nc2cc3c(cc21)NC(c1cccnc1)N3. The predicted octanol–water partition coefficient (Wildman–Crippen LogP) is 3.23. The Morgan fingerprint density at radius 3 is 2.77 bits per heavy atom. The van der Waals surface area contributed by atoms with Crippen LogP contribution in [0.15, 0.2) is 49.3 Å². The van der Waals surface area contributed by atoms with E-state index < -0.39 is 0 Å². The lowest BCUT2D eigenvalue weighted by Crippen LogP contribution is -2.12. The van der Waals surface area contributed by atoms with Crippen LogP contribution in [0.4, 0.5) is 17.1 Å². The maximum absolute atomic E-state index is 12.0. The molecular formula is C17H16N4O. The van der Waals surface area contributed by atoms with Gasteiger partial charge >= 0.3 is 0 Å². The van der Waals surface area contributed by atoms with Crippen molar-refractivity contribution in [3.63, 3.8) is 0 Å². The van der Waals surface area contributed by atoms with Crippen LogP contribution in [0.5, 0.6) is 0 Å². The average molecular weight is 292 g/mol. The summed E-state index contributed by atoms with van der Waals surface area (Å²) in [4.78, 5) is 16.2. The van der Waals surface area contributed by atoms with Gasteiger partial charge < -0.3 is 16.0 Å². The monoisotopic (exact) mass is 292 g/mol. The second-order valence-corrected chi connectivity index (χ2v) is 5.56. The molecule has 2 aliphatic heterocycles. The molecule has 2 atom stereocenters. The van der Waals surface area contributed by atoms with Gasteiger partial charge in [0.1, 0.15) is 6.17 Å². The Hall–Kier alpha value is -2.82. The highest BCUT2D eigenvalue weighted by molar-refractivity contribution is 6.04. The lowest BCUT2D eigenvalue weighted by molar-refractivity contribution is -0.116. The summed E-state index contributed by atoms with van der Waals surface area (Å²) in [5.41, 5.74) is 5.00. The molecule has 0 saturated carbocycles. The summed E-state index contributed by atoms with van der Waals surface area (Å²) in [5, 5.41) is 9.81. The van der Waals surface area contributed by atoms with Gasteiger partial charge in [-0.15, -0.1) is 6.58 Å². The minimum absolute atomic E-state index is 0.000202. The van der Waals surface area contributed by atoms with E-state index >= 15 is 0 Å². The van der Waals surface area contributed by atoms with E-state index in [1.165, 1.54) is 0 Å². The highest BCUT2D eigenvalue weighted by atomic mass is 16.2. The zero-order valence-electron chi connectivity index (χ0n) is 12.0. The first-order valence-electron chi connectivity index (χ1n) is 7.29. The van der Waals surface area contributed by atoms with Crippen LogP contribution in [-0.4, -0.2) is 10.9 Å². The predicted molar refractivity (Wildman–Crippen MR) is 86.9 cm³/mol. The molecule has 0 fully saturated rings. The molecule has 2 unspecified atom stereocenters. The van der Waals surface area contributed by atoms with E-state index in [2.05, 4.69) is 33.6 Å². The summed E-state index contributed by atoms with van der Waals surface area (Å²) in [6.45, 7) is 3.74. The van der Waals surface area contributed by atoms with Crippen molar-refractivity contribution in [1.29, 1.82) is 0 Å². The highest BCUT2D eigenvalue weighted by Gasteiger charge is 2.32. The molecule has 2 aromatic rings. The third-order valence-corrected chi connectivity index (χ3v) is 4.16. The van der Waals surface area contributed by atoms with E-state index in [9.17, 15) is 4.79 Å². The van der Waals surface area contributed by atoms with Gasteiger partial charge in [0, 0.05) is 23.6 Å². The van der Waals surface area contributed by atoms with E-state index in [-0.39, 0.29) is 18.0 Å². The first-order chi connectivity index (χ1) is 10.8. The number of hydrogen-bond acceptors (Lipinski definition) is 4. The topological polar surface area (TPSA) is 66.0 Å². The van der Waals surface area contributed by atoms with Crippen LogP contribution in [0.3, 0.4) is 0 Å². The van der Waals surface area contributed by atoms with Gasteiger partial charge in [-0.05, 0) is 30.2 Å². The Morgan fingerprint density at radius 2 is 2.05 bits per heavy atom. The fraction of sp³-hybridized carbons (Fsp3) is 0.176. The lowest BCUT2D eigenvalue weighted by atomic mass is 9.96. The van der Waals surface area contributed by atoms with E-state index in [4.69, 9.17) is 0 Å². The molecule has 5 heteroatoms. The molecule has 110 valence electrons. The number of hydrogen-bond donors (Lipinski definition) is 3. The third kappa shape index (κ3) is 1.94. The smallest absolute Gasteiger partial charge is 0.232 e. The van der Waals surface area contributed by atoms with Gasteiger partial charge in [-0.3, -0.25) is 9.78 Å². The Balaban J connectivity index is 1.67. The molecule has 2 aliphatic rings. The van der Waals surface area contributed by atoms with Crippen molar-refractivity contribution in [3.8, 4) is 0 Å². The van der Waals surface area contributed by atoms with Gasteiger partial charge in [-0.1, -0.05) is 12.1 Å². The van der Waals surface area contributed by atoms with Crippen molar-refractivity contribution >= 4 is 23.0 Å². The van der Waals surface area contributed by atoms with Gasteiger partial charge in [-0.2, -0.15) is 0 Å². The second kappa shape index (κ2) is 4.87. The molecule has 3 heterocycles. The molecule has 1 aromatic heterocycles. The molecule has 0 radical (unpaired) electrons. The Bertz CT molecular complexity index is 757. The second-order valence-electron chi connectivity index (χ2n) is 5.56. The van der Waals surface area contributed by atoms with Crippen molar-refractivity contribution in [2.75, 3.05) is 16.0 Å². The fourth-order valence-corrected chi connectivity index (χ4v) is 3.07. The number of nitrogens with one attached hydrogen (secondary N) is 3. The summed E-state index contributed by atoms with van der Waals surface area (Å²) in [5.74, 6) is -0.0978. The molecule has 0 saturated heterocycles. The van der Waals surface area contributed by atoms with Gasteiger partial charge in [0.2, 0.25) is 5.91 Å². The van der Waals surface area contributed by atoms with Crippen molar-refractivity contribution in [2.45, 2.75) is 18.5 Å². The molecule has 5 nitrogen and oxygen atoms in total. The van der Waals surface area contributed by atoms with Crippen molar-refractivity contribution in [2.24, 2.45) is 0 Å². The zero-order chi connectivity index (χ0) is 15.1. The summed E-state index contributed by atoms with van der Waals surface area (Å²) in [6, 6.07) is 8.00. The number of rotatable bonds is 3. The van der Waals surface area contributed by atoms with Crippen LogP contribution in [0.1, 0.15) is 29.6 Å². The molecule has 0 bridgehead atoms. The number of nitrogens with zero attached hydrogens (tertiary/aromatic N) is 1. The Morgan fingerprint density at radius 1 is 1.23 bits per heavy atom. The maximum Gasteiger partial charge on any atom is 0.232 e. The standard InChI is InChI=1S/C17H16N4O/c1-2-4-11-12-7-14-15(8-13(12)21-17(11)22)20-16(19-14)10-5-3-6-18-9-10/h2-3,5-9,11,16,19-20H,1,4H2,(H,21,22). The van der Waals surface area contributed by atoms with Gasteiger partial charge in [-0.25, -0.2) is 0 Å². The first kappa shape index (κ1) is 12.9. The van der Waals surface area contributed by atoms with Crippen molar-refractivity contribution in [3.05, 3.63) is 60.4 Å². The van der Waals surface area contributed by atoms with Crippen LogP contribution in [-0.2, 0) is 4.79 Å². The Labute approximate surface area is 128 Å². The number of aromatic nitrogens is 1. The molecule has 3 N–H and O–H groups in total. The Kier molecular flexibility index (Phi) is 2.85. The van der Waals surface area contributed by atoms with Crippen molar-refractivity contribution < 1.29 is 4.79 Å². The van der Waals surface area contributed by atoms with Crippen LogP contribution >= 0.6 is 0 Å². The van der Waals surface area contributed by atoms with E-state index in [1.54, 1.807) is 12.3 Å². The molecule has 4 rings (SSSR count). The van der Waals surface area contributed by atoms with Crippen LogP contribution < -0.4 is 16.0 Å². The number of anilines is 3.